The summed E-state index contributed by atoms with van der Waals surface area (Å²) in [5.74, 6) is 0.446. The molecule has 1 amide bonds. The molecular formula is C14H21N3O3. The first-order chi connectivity index (χ1) is 9.63. The number of hydrogen-bond acceptors (Lipinski definition) is 5. The van der Waals surface area contributed by atoms with Crippen molar-refractivity contribution in [3.63, 3.8) is 0 Å². The lowest BCUT2D eigenvalue weighted by Gasteiger charge is -2.22. The van der Waals surface area contributed by atoms with E-state index in [4.69, 9.17) is 10.5 Å². The summed E-state index contributed by atoms with van der Waals surface area (Å²) in [4.78, 5) is 14.1. The first kappa shape index (κ1) is 14.6. The van der Waals surface area contributed by atoms with Crippen LogP contribution in [0.15, 0.2) is 18.2 Å². The number of hydrogen-bond donors (Lipinski definition) is 3. The summed E-state index contributed by atoms with van der Waals surface area (Å²) in [6.45, 7) is 1.20. The molecule has 1 aromatic carbocycles. The number of anilines is 2. The van der Waals surface area contributed by atoms with E-state index >= 15 is 0 Å². The molecule has 1 atom stereocenters. The number of aliphatic hydroxyl groups excluding tert-OH is 1. The summed E-state index contributed by atoms with van der Waals surface area (Å²) in [7, 11) is 1.55. The lowest BCUT2D eigenvalue weighted by atomic mass is 10.2. The Labute approximate surface area is 118 Å². The van der Waals surface area contributed by atoms with Crippen LogP contribution in [0.25, 0.3) is 0 Å². The minimum Gasteiger partial charge on any atom is -0.495 e. The fourth-order valence-electron chi connectivity index (χ4n) is 2.51. The number of aliphatic hydroxyl groups is 1. The molecule has 1 heterocycles. The predicted octanol–water partition coefficient (Wildman–Crippen LogP) is 0.673. The Balaban J connectivity index is 1.99. The maximum absolute atomic E-state index is 12.1. The van der Waals surface area contributed by atoms with Crippen LogP contribution in [0.1, 0.15) is 12.8 Å². The lowest BCUT2D eigenvalue weighted by Crippen LogP contribution is -2.38. The van der Waals surface area contributed by atoms with E-state index in [9.17, 15) is 9.90 Å². The monoisotopic (exact) mass is 279 g/mol. The van der Waals surface area contributed by atoms with Gasteiger partial charge in [-0.15, -0.1) is 0 Å². The molecule has 110 valence electrons. The number of nitrogen functional groups attached to an aromatic ring is 1. The van der Waals surface area contributed by atoms with E-state index in [-0.39, 0.29) is 25.1 Å². The Morgan fingerprint density at radius 2 is 2.40 bits per heavy atom. The maximum Gasteiger partial charge on any atom is 0.238 e. The highest BCUT2D eigenvalue weighted by Gasteiger charge is 2.25. The van der Waals surface area contributed by atoms with Crippen LogP contribution >= 0.6 is 0 Å². The Kier molecular flexibility index (Phi) is 4.81. The van der Waals surface area contributed by atoms with Gasteiger partial charge in [0.25, 0.3) is 0 Å². The molecule has 1 aliphatic rings. The molecule has 0 aliphatic carbocycles. The third-order valence-electron chi connectivity index (χ3n) is 3.55. The van der Waals surface area contributed by atoms with E-state index in [1.807, 2.05) is 4.90 Å². The quantitative estimate of drug-likeness (QED) is 0.690. The molecule has 6 heteroatoms. The van der Waals surface area contributed by atoms with Gasteiger partial charge in [-0.05, 0) is 37.6 Å². The van der Waals surface area contributed by atoms with Gasteiger partial charge in [-0.2, -0.15) is 0 Å². The maximum atomic E-state index is 12.1. The Morgan fingerprint density at radius 1 is 1.60 bits per heavy atom. The zero-order valence-electron chi connectivity index (χ0n) is 11.6. The number of nitrogens with two attached hydrogens (primary N) is 1. The van der Waals surface area contributed by atoms with Crippen LogP contribution in [-0.4, -0.2) is 48.8 Å². The molecule has 0 radical (unpaired) electrons. The number of nitrogens with one attached hydrogen (secondary N) is 1. The van der Waals surface area contributed by atoms with Crippen LogP contribution < -0.4 is 15.8 Å². The highest BCUT2D eigenvalue weighted by molar-refractivity contribution is 5.94. The molecule has 1 fully saturated rings. The van der Waals surface area contributed by atoms with E-state index in [1.165, 1.54) is 0 Å². The second-order valence-electron chi connectivity index (χ2n) is 4.96. The van der Waals surface area contributed by atoms with E-state index in [0.29, 0.717) is 17.1 Å². The molecule has 2 rings (SSSR count). The number of benzene rings is 1. The van der Waals surface area contributed by atoms with Gasteiger partial charge in [0.1, 0.15) is 5.75 Å². The van der Waals surface area contributed by atoms with E-state index in [2.05, 4.69) is 5.32 Å². The van der Waals surface area contributed by atoms with Gasteiger partial charge in [0, 0.05) is 11.7 Å². The largest absolute Gasteiger partial charge is 0.495 e. The van der Waals surface area contributed by atoms with Crippen molar-refractivity contribution in [2.75, 3.05) is 37.9 Å². The number of carbonyl (C=O) groups excluding carboxylic acids is 1. The highest BCUT2D eigenvalue weighted by atomic mass is 16.5. The smallest absolute Gasteiger partial charge is 0.238 e. The molecule has 1 aromatic rings. The molecule has 0 aromatic heterocycles. The van der Waals surface area contributed by atoms with Crippen molar-refractivity contribution in [3.8, 4) is 5.75 Å². The highest BCUT2D eigenvalue weighted by Crippen LogP contribution is 2.26. The van der Waals surface area contributed by atoms with Gasteiger partial charge in [0.05, 0.1) is 25.9 Å². The molecule has 0 spiro atoms. The molecule has 6 nitrogen and oxygen atoms in total. The van der Waals surface area contributed by atoms with Crippen molar-refractivity contribution in [2.45, 2.75) is 18.9 Å². The molecule has 20 heavy (non-hydrogen) atoms. The van der Waals surface area contributed by atoms with Crippen LogP contribution in [0.5, 0.6) is 5.75 Å². The summed E-state index contributed by atoms with van der Waals surface area (Å²) in [6, 6.07) is 5.20. The third kappa shape index (κ3) is 3.40. The van der Waals surface area contributed by atoms with Gasteiger partial charge in [-0.25, -0.2) is 0 Å². The average Bonchev–Trinajstić information content (AvgIpc) is 2.86. The van der Waals surface area contributed by atoms with Crippen LogP contribution in [0.2, 0.25) is 0 Å². The van der Waals surface area contributed by atoms with Gasteiger partial charge in [0.15, 0.2) is 0 Å². The number of methoxy groups -OCH3 is 1. The fourth-order valence-corrected chi connectivity index (χ4v) is 2.51. The molecular weight excluding hydrogens is 258 g/mol. The molecule has 1 saturated heterocycles. The second kappa shape index (κ2) is 6.58. The topological polar surface area (TPSA) is 87.8 Å². The summed E-state index contributed by atoms with van der Waals surface area (Å²) in [6.07, 6.45) is 1.95. The molecule has 0 bridgehead atoms. The van der Waals surface area contributed by atoms with Gasteiger partial charge in [-0.1, -0.05) is 0 Å². The van der Waals surface area contributed by atoms with Crippen molar-refractivity contribution in [3.05, 3.63) is 18.2 Å². The number of amides is 1. The van der Waals surface area contributed by atoms with E-state index in [0.717, 1.165) is 19.4 Å². The number of ether oxygens (including phenoxy) is 1. The first-order valence-corrected chi connectivity index (χ1v) is 6.72. The first-order valence-electron chi connectivity index (χ1n) is 6.72. The lowest BCUT2D eigenvalue weighted by molar-refractivity contribution is -0.117. The minimum atomic E-state index is -0.130. The van der Waals surface area contributed by atoms with Crippen molar-refractivity contribution < 1.29 is 14.6 Å². The zero-order valence-corrected chi connectivity index (χ0v) is 11.6. The molecule has 0 saturated carbocycles. The molecule has 1 unspecified atom stereocenters. The third-order valence-corrected chi connectivity index (χ3v) is 3.55. The predicted molar refractivity (Wildman–Crippen MR) is 77.7 cm³/mol. The van der Waals surface area contributed by atoms with E-state index < -0.39 is 0 Å². The Hall–Kier alpha value is -1.79. The van der Waals surface area contributed by atoms with Gasteiger partial charge in [0.2, 0.25) is 5.91 Å². The fraction of sp³-hybridized carbons (Fsp3) is 0.500. The summed E-state index contributed by atoms with van der Waals surface area (Å²) in [5, 5.41) is 12.1. The normalized spacial score (nSPS) is 19.0. The van der Waals surface area contributed by atoms with Gasteiger partial charge < -0.3 is 20.9 Å². The molecule has 4 N–H and O–H groups in total. The van der Waals surface area contributed by atoms with Crippen LogP contribution in [0.4, 0.5) is 11.4 Å². The van der Waals surface area contributed by atoms with Crippen molar-refractivity contribution in [1.29, 1.82) is 0 Å². The summed E-state index contributed by atoms with van der Waals surface area (Å²) < 4.78 is 5.19. The van der Waals surface area contributed by atoms with Gasteiger partial charge in [-0.3, -0.25) is 9.69 Å². The van der Waals surface area contributed by atoms with Crippen molar-refractivity contribution in [2.24, 2.45) is 0 Å². The standard InChI is InChI=1S/C14H21N3O3/c1-20-13-5-4-10(15)7-12(13)16-14(19)8-17-6-2-3-11(17)9-18/h4-5,7,11,18H,2-3,6,8-9,15H2,1H3,(H,16,19). The SMILES string of the molecule is COc1ccc(N)cc1NC(=O)CN1CCCC1CO. The van der Waals surface area contributed by atoms with Crippen LogP contribution in [-0.2, 0) is 4.79 Å². The zero-order chi connectivity index (χ0) is 14.5. The van der Waals surface area contributed by atoms with Crippen molar-refractivity contribution >= 4 is 17.3 Å². The summed E-state index contributed by atoms with van der Waals surface area (Å²) >= 11 is 0. The van der Waals surface area contributed by atoms with Crippen LogP contribution in [0.3, 0.4) is 0 Å². The number of likely N-dealkylation sites (tertiary alicyclic amines) is 1. The summed E-state index contributed by atoms with van der Waals surface area (Å²) in [5.41, 5.74) is 6.85. The molecule has 1 aliphatic heterocycles. The second-order valence-corrected chi connectivity index (χ2v) is 4.96. The van der Waals surface area contributed by atoms with Gasteiger partial charge >= 0.3 is 0 Å². The van der Waals surface area contributed by atoms with Crippen molar-refractivity contribution in [1.82, 2.24) is 4.90 Å². The average molecular weight is 279 g/mol. The number of carbonyl (C=O) groups is 1. The Morgan fingerprint density at radius 3 is 3.10 bits per heavy atom. The van der Waals surface area contributed by atoms with Crippen LogP contribution in [0, 0.1) is 0 Å². The van der Waals surface area contributed by atoms with E-state index in [1.54, 1.807) is 25.3 Å². The number of nitrogens with zero attached hydrogens (tertiary/aromatic N) is 1. The minimum absolute atomic E-state index is 0.0866. The Bertz CT molecular complexity index is 479. The number of rotatable bonds is 5.